The lowest BCUT2D eigenvalue weighted by atomic mass is 10.2. The van der Waals surface area contributed by atoms with Gasteiger partial charge in [0.15, 0.2) is 5.16 Å². The van der Waals surface area contributed by atoms with Crippen molar-refractivity contribution in [1.29, 1.82) is 0 Å². The van der Waals surface area contributed by atoms with Gasteiger partial charge in [-0.15, -0.1) is 0 Å². The number of anilines is 1. The number of halogens is 1. The van der Waals surface area contributed by atoms with E-state index in [9.17, 15) is 14.0 Å². The van der Waals surface area contributed by atoms with Crippen molar-refractivity contribution in [3.05, 3.63) is 112 Å². The van der Waals surface area contributed by atoms with E-state index in [1.54, 1.807) is 36.4 Å². The van der Waals surface area contributed by atoms with Crippen molar-refractivity contribution in [3.8, 4) is 11.5 Å². The number of aromatic amines is 1. The van der Waals surface area contributed by atoms with E-state index in [0.717, 1.165) is 11.3 Å². The summed E-state index contributed by atoms with van der Waals surface area (Å²) in [5.74, 6) is 1.29. The summed E-state index contributed by atoms with van der Waals surface area (Å²) >= 11 is 1.31. The van der Waals surface area contributed by atoms with Crippen LogP contribution >= 0.6 is 11.8 Å². The van der Waals surface area contributed by atoms with Crippen molar-refractivity contribution in [2.24, 2.45) is 0 Å². The number of nitrogens with zero attached hydrogens (tertiary/aromatic N) is 1. The topological polar surface area (TPSA) is 84.1 Å². The van der Waals surface area contributed by atoms with Crippen LogP contribution in [0.3, 0.4) is 0 Å². The Balaban J connectivity index is 1.34. The van der Waals surface area contributed by atoms with Gasteiger partial charge in [0.2, 0.25) is 5.91 Å². The Bertz CT molecular complexity index is 1280. The normalized spacial score (nSPS) is 10.6. The average molecular weight is 462 g/mol. The number of aromatic nitrogens is 2. The number of carbonyl (C=O) groups excluding carboxylic acids is 1. The molecule has 4 rings (SSSR count). The highest BCUT2D eigenvalue weighted by Crippen LogP contribution is 2.23. The van der Waals surface area contributed by atoms with Crippen LogP contribution in [0.25, 0.3) is 0 Å². The summed E-state index contributed by atoms with van der Waals surface area (Å²) in [6.07, 6.45) is -0.0453. The maximum absolute atomic E-state index is 13.0. The van der Waals surface area contributed by atoms with Crippen LogP contribution in [0.15, 0.2) is 94.9 Å². The van der Waals surface area contributed by atoms with E-state index in [-0.39, 0.29) is 23.7 Å². The molecule has 0 bridgehead atoms. The predicted octanol–water partition coefficient (Wildman–Crippen LogP) is 5.17. The molecular weight excluding hydrogens is 441 g/mol. The maximum Gasteiger partial charge on any atom is 0.251 e. The monoisotopic (exact) mass is 461 g/mol. The molecule has 3 aromatic carbocycles. The van der Waals surface area contributed by atoms with Crippen molar-refractivity contribution < 1.29 is 13.9 Å². The molecule has 0 unspecified atom stereocenters. The molecule has 8 heteroatoms. The number of rotatable bonds is 8. The summed E-state index contributed by atoms with van der Waals surface area (Å²) < 4.78 is 18.8. The van der Waals surface area contributed by atoms with Gasteiger partial charge in [0.25, 0.3) is 5.56 Å². The quantitative estimate of drug-likeness (QED) is 0.279. The first-order chi connectivity index (χ1) is 16.0. The van der Waals surface area contributed by atoms with E-state index < -0.39 is 0 Å². The fourth-order valence-corrected chi connectivity index (χ4v) is 3.83. The van der Waals surface area contributed by atoms with Gasteiger partial charge < -0.3 is 15.0 Å². The lowest BCUT2D eigenvalue weighted by Gasteiger charge is -2.08. The standard InChI is InChI=1S/C25H20FN3O3S/c26-18-8-6-17(7-9-18)16-33-25-28-20(15-24(31)29-25)14-23(30)27-19-10-12-22(13-11-19)32-21-4-2-1-3-5-21/h1-13,15H,14,16H2,(H,27,30)(H,28,29,31). The van der Waals surface area contributed by atoms with Crippen molar-refractivity contribution in [2.45, 2.75) is 17.3 Å². The minimum atomic E-state index is -0.336. The molecule has 0 aliphatic heterocycles. The molecule has 33 heavy (non-hydrogen) atoms. The van der Waals surface area contributed by atoms with E-state index in [1.807, 2.05) is 30.3 Å². The zero-order chi connectivity index (χ0) is 23.0. The lowest BCUT2D eigenvalue weighted by molar-refractivity contribution is -0.115. The van der Waals surface area contributed by atoms with Crippen LogP contribution in [0.1, 0.15) is 11.3 Å². The number of ether oxygens (including phenoxy) is 1. The Kier molecular flexibility index (Phi) is 7.16. The number of nitrogens with one attached hydrogen (secondary N) is 2. The molecule has 4 aromatic rings. The van der Waals surface area contributed by atoms with Crippen LogP contribution in [0.5, 0.6) is 11.5 Å². The Labute approximate surface area is 193 Å². The van der Waals surface area contributed by atoms with Crippen LogP contribution in [-0.2, 0) is 17.0 Å². The number of hydrogen-bond acceptors (Lipinski definition) is 5. The Morgan fingerprint density at radius 1 is 0.970 bits per heavy atom. The second-order valence-electron chi connectivity index (χ2n) is 7.12. The zero-order valence-corrected chi connectivity index (χ0v) is 18.3. The first kappa shape index (κ1) is 22.3. The summed E-state index contributed by atoms with van der Waals surface area (Å²) in [7, 11) is 0. The summed E-state index contributed by atoms with van der Waals surface area (Å²) in [4.78, 5) is 31.5. The molecule has 6 nitrogen and oxygen atoms in total. The van der Waals surface area contributed by atoms with Gasteiger partial charge in [-0.2, -0.15) is 0 Å². The third-order valence-corrected chi connectivity index (χ3v) is 5.46. The highest BCUT2D eigenvalue weighted by atomic mass is 32.2. The van der Waals surface area contributed by atoms with Gasteiger partial charge in [0, 0.05) is 17.5 Å². The molecule has 0 aliphatic carbocycles. The smallest absolute Gasteiger partial charge is 0.251 e. The zero-order valence-electron chi connectivity index (χ0n) is 17.5. The van der Waals surface area contributed by atoms with Gasteiger partial charge in [-0.05, 0) is 54.1 Å². The number of benzene rings is 3. The van der Waals surface area contributed by atoms with Gasteiger partial charge in [-0.3, -0.25) is 9.59 Å². The Morgan fingerprint density at radius 2 is 1.67 bits per heavy atom. The third-order valence-electron chi connectivity index (χ3n) is 4.52. The molecule has 0 aliphatic rings. The molecule has 0 spiro atoms. The summed E-state index contributed by atoms with van der Waals surface area (Å²) in [5.41, 5.74) is 1.53. The molecule has 0 saturated carbocycles. The first-order valence-corrected chi connectivity index (χ1v) is 11.1. The lowest BCUT2D eigenvalue weighted by Crippen LogP contribution is -2.18. The van der Waals surface area contributed by atoms with Gasteiger partial charge >= 0.3 is 0 Å². The molecule has 2 N–H and O–H groups in total. The molecule has 0 radical (unpaired) electrons. The van der Waals surface area contributed by atoms with Crippen LogP contribution < -0.4 is 15.6 Å². The Hall–Kier alpha value is -3.91. The molecular formula is C25H20FN3O3S. The van der Waals surface area contributed by atoms with E-state index in [1.165, 1.54) is 30.0 Å². The number of hydrogen-bond donors (Lipinski definition) is 2. The molecule has 1 heterocycles. The number of amides is 1. The first-order valence-electron chi connectivity index (χ1n) is 10.1. The maximum atomic E-state index is 13.0. The van der Waals surface area contributed by atoms with Gasteiger partial charge in [0.1, 0.15) is 17.3 Å². The average Bonchev–Trinajstić information content (AvgIpc) is 2.80. The minimum Gasteiger partial charge on any atom is -0.457 e. The second kappa shape index (κ2) is 10.6. The highest BCUT2D eigenvalue weighted by Gasteiger charge is 2.09. The molecule has 1 aromatic heterocycles. The number of carbonyl (C=O) groups is 1. The largest absolute Gasteiger partial charge is 0.457 e. The van der Waals surface area contributed by atoms with Crippen molar-refractivity contribution in [3.63, 3.8) is 0 Å². The van der Waals surface area contributed by atoms with Gasteiger partial charge in [-0.1, -0.05) is 42.1 Å². The van der Waals surface area contributed by atoms with Gasteiger partial charge in [-0.25, -0.2) is 9.37 Å². The van der Waals surface area contributed by atoms with Crippen molar-refractivity contribution in [2.75, 3.05) is 5.32 Å². The molecule has 0 saturated heterocycles. The van der Waals surface area contributed by atoms with Crippen molar-refractivity contribution >= 4 is 23.4 Å². The molecule has 166 valence electrons. The summed E-state index contributed by atoms with van der Waals surface area (Å²) in [6.45, 7) is 0. The molecule has 1 amide bonds. The van der Waals surface area contributed by atoms with E-state index in [0.29, 0.717) is 28.0 Å². The van der Waals surface area contributed by atoms with Crippen molar-refractivity contribution in [1.82, 2.24) is 9.97 Å². The highest BCUT2D eigenvalue weighted by molar-refractivity contribution is 7.98. The molecule has 0 fully saturated rings. The van der Waals surface area contributed by atoms with Gasteiger partial charge in [0.05, 0.1) is 12.1 Å². The second-order valence-corrected chi connectivity index (χ2v) is 8.09. The SMILES string of the molecule is O=C(Cc1cc(=O)[nH]c(SCc2ccc(F)cc2)n1)Nc1ccc(Oc2ccccc2)cc1. The number of thioether (sulfide) groups is 1. The van der Waals surface area contributed by atoms with Crippen LogP contribution in [0.2, 0.25) is 0 Å². The van der Waals surface area contributed by atoms with Crippen LogP contribution in [0, 0.1) is 5.82 Å². The van der Waals surface area contributed by atoms with Crippen LogP contribution in [-0.4, -0.2) is 15.9 Å². The summed E-state index contributed by atoms with van der Waals surface area (Å²) in [6, 6.07) is 23.8. The van der Waals surface area contributed by atoms with E-state index in [2.05, 4.69) is 15.3 Å². The molecule has 0 atom stereocenters. The fourth-order valence-electron chi connectivity index (χ4n) is 2.98. The fraction of sp³-hybridized carbons (Fsp3) is 0.0800. The van der Waals surface area contributed by atoms with E-state index >= 15 is 0 Å². The van der Waals surface area contributed by atoms with Crippen LogP contribution in [0.4, 0.5) is 10.1 Å². The minimum absolute atomic E-state index is 0.0453. The third kappa shape index (κ3) is 6.78. The number of H-pyrrole nitrogens is 1. The van der Waals surface area contributed by atoms with E-state index in [4.69, 9.17) is 4.74 Å². The summed E-state index contributed by atoms with van der Waals surface area (Å²) in [5, 5.41) is 3.19. The predicted molar refractivity (Wildman–Crippen MR) is 126 cm³/mol. The Morgan fingerprint density at radius 3 is 2.39 bits per heavy atom. The number of para-hydroxylation sites is 1.